The van der Waals surface area contributed by atoms with Gasteiger partial charge in [-0.15, -0.1) is 0 Å². The lowest BCUT2D eigenvalue weighted by atomic mass is 10.2. The number of amides is 1. The fraction of sp³-hybridized carbons (Fsp3) is 0.350. The van der Waals surface area contributed by atoms with Crippen LogP contribution in [0.3, 0.4) is 0 Å². The molecule has 146 valence electrons. The average molecular weight is 391 g/mol. The van der Waals surface area contributed by atoms with E-state index in [9.17, 15) is 13.2 Å². The first-order valence-corrected chi connectivity index (χ1v) is 10.5. The van der Waals surface area contributed by atoms with Gasteiger partial charge in [-0.2, -0.15) is 0 Å². The van der Waals surface area contributed by atoms with Crippen LogP contribution in [0.4, 0.5) is 5.69 Å². The predicted molar refractivity (Wildman–Crippen MR) is 107 cm³/mol. The van der Waals surface area contributed by atoms with Gasteiger partial charge >= 0.3 is 0 Å². The molecule has 1 amide bonds. The van der Waals surface area contributed by atoms with E-state index in [1.807, 2.05) is 13.8 Å². The van der Waals surface area contributed by atoms with E-state index in [1.54, 1.807) is 41.3 Å². The molecule has 0 aromatic heterocycles. The zero-order valence-electron chi connectivity index (χ0n) is 15.9. The molecule has 7 heteroatoms. The highest BCUT2D eigenvalue weighted by Gasteiger charge is 2.19. The monoisotopic (exact) mass is 390 g/mol. The molecule has 6 nitrogen and oxygen atoms in total. The number of hydrogen-bond donors (Lipinski definition) is 1. The molecule has 0 heterocycles. The Morgan fingerprint density at radius 2 is 1.70 bits per heavy atom. The summed E-state index contributed by atoms with van der Waals surface area (Å²) in [5.74, 6) is 0.394. The average Bonchev–Trinajstić information content (AvgIpc) is 2.67. The molecule has 0 saturated carbocycles. The van der Waals surface area contributed by atoms with Crippen LogP contribution in [0.2, 0.25) is 0 Å². The lowest BCUT2D eigenvalue weighted by Crippen LogP contribution is -2.32. The minimum atomic E-state index is -3.82. The lowest BCUT2D eigenvalue weighted by molar-refractivity contribution is 0.0755. The number of sulfonamides is 1. The summed E-state index contributed by atoms with van der Waals surface area (Å²) >= 11 is 0. The second-order valence-corrected chi connectivity index (χ2v) is 7.84. The summed E-state index contributed by atoms with van der Waals surface area (Å²) in [7, 11) is -2.31. The maximum absolute atomic E-state index is 12.7. The number of benzene rings is 2. The quantitative estimate of drug-likeness (QED) is 0.707. The van der Waals surface area contributed by atoms with Crippen LogP contribution in [0, 0.1) is 0 Å². The SMILES string of the molecule is CCCN(CCC)C(=O)c1cccc(S(=O)(=O)Nc2cccc(OC)c2)c1. The summed E-state index contributed by atoms with van der Waals surface area (Å²) in [6.07, 6.45) is 1.70. The van der Waals surface area contributed by atoms with E-state index in [1.165, 1.54) is 19.2 Å². The molecule has 0 aliphatic carbocycles. The minimum absolute atomic E-state index is 0.0455. The van der Waals surface area contributed by atoms with Crippen LogP contribution >= 0.6 is 0 Å². The van der Waals surface area contributed by atoms with E-state index in [-0.39, 0.29) is 10.8 Å². The number of nitrogens with one attached hydrogen (secondary N) is 1. The highest BCUT2D eigenvalue weighted by atomic mass is 32.2. The van der Waals surface area contributed by atoms with Crippen molar-refractivity contribution in [2.24, 2.45) is 0 Å². The Morgan fingerprint density at radius 3 is 2.33 bits per heavy atom. The molecule has 2 rings (SSSR count). The van der Waals surface area contributed by atoms with Gasteiger partial charge in [0, 0.05) is 24.7 Å². The summed E-state index contributed by atoms with van der Waals surface area (Å²) in [6, 6.07) is 12.8. The number of carbonyl (C=O) groups excluding carboxylic acids is 1. The van der Waals surface area contributed by atoms with Crippen LogP contribution in [-0.2, 0) is 10.0 Å². The zero-order valence-corrected chi connectivity index (χ0v) is 16.8. The van der Waals surface area contributed by atoms with Crippen molar-refractivity contribution in [1.29, 1.82) is 0 Å². The van der Waals surface area contributed by atoms with Crippen LogP contribution in [0.5, 0.6) is 5.75 Å². The van der Waals surface area contributed by atoms with Gasteiger partial charge in [0.25, 0.3) is 15.9 Å². The predicted octanol–water partition coefficient (Wildman–Crippen LogP) is 3.76. The van der Waals surface area contributed by atoms with Crippen molar-refractivity contribution in [1.82, 2.24) is 4.90 Å². The van der Waals surface area contributed by atoms with Crippen molar-refractivity contribution >= 4 is 21.6 Å². The van der Waals surface area contributed by atoms with Gasteiger partial charge in [0.15, 0.2) is 0 Å². The Balaban J connectivity index is 2.27. The summed E-state index contributed by atoms with van der Waals surface area (Å²) in [5, 5.41) is 0. The van der Waals surface area contributed by atoms with Crippen molar-refractivity contribution in [3.05, 3.63) is 54.1 Å². The van der Waals surface area contributed by atoms with Gasteiger partial charge in [-0.3, -0.25) is 9.52 Å². The number of rotatable bonds is 9. The third-order valence-electron chi connectivity index (χ3n) is 3.99. The maximum Gasteiger partial charge on any atom is 0.261 e. The van der Waals surface area contributed by atoms with Crippen LogP contribution < -0.4 is 9.46 Å². The van der Waals surface area contributed by atoms with Crippen molar-refractivity contribution < 1.29 is 17.9 Å². The molecule has 0 unspecified atom stereocenters. The molecule has 0 atom stereocenters. The second-order valence-electron chi connectivity index (χ2n) is 6.16. The van der Waals surface area contributed by atoms with E-state index in [0.29, 0.717) is 30.1 Å². The molecule has 0 saturated heterocycles. The van der Waals surface area contributed by atoms with Crippen LogP contribution in [0.15, 0.2) is 53.4 Å². The Kier molecular flexibility index (Phi) is 7.24. The first-order valence-electron chi connectivity index (χ1n) is 8.97. The van der Waals surface area contributed by atoms with E-state index in [2.05, 4.69) is 4.72 Å². The molecule has 0 radical (unpaired) electrons. The summed E-state index contributed by atoms with van der Waals surface area (Å²) in [6.45, 7) is 5.31. The number of methoxy groups -OCH3 is 1. The third-order valence-corrected chi connectivity index (χ3v) is 5.37. The molecule has 2 aromatic carbocycles. The van der Waals surface area contributed by atoms with Gasteiger partial charge in [-0.1, -0.05) is 26.0 Å². The first-order chi connectivity index (χ1) is 12.9. The topological polar surface area (TPSA) is 75.7 Å². The number of ether oxygens (including phenoxy) is 1. The van der Waals surface area contributed by atoms with Gasteiger partial charge in [0.2, 0.25) is 0 Å². The smallest absolute Gasteiger partial charge is 0.261 e. The highest BCUT2D eigenvalue weighted by molar-refractivity contribution is 7.92. The van der Waals surface area contributed by atoms with Gasteiger partial charge in [-0.05, 0) is 43.2 Å². The molecule has 1 N–H and O–H groups in total. The molecule has 0 aliphatic rings. The zero-order chi connectivity index (χ0) is 19.9. The molecule has 0 fully saturated rings. The fourth-order valence-corrected chi connectivity index (χ4v) is 3.83. The van der Waals surface area contributed by atoms with Gasteiger partial charge in [0.1, 0.15) is 5.75 Å². The van der Waals surface area contributed by atoms with Crippen molar-refractivity contribution in [3.8, 4) is 5.75 Å². The molecule has 2 aromatic rings. The van der Waals surface area contributed by atoms with Gasteiger partial charge in [-0.25, -0.2) is 8.42 Å². The Bertz CT molecular complexity index is 875. The Hall–Kier alpha value is -2.54. The van der Waals surface area contributed by atoms with Crippen LogP contribution in [0.1, 0.15) is 37.0 Å². The van der Waals surface area contributed by atoms with Crippen molar-refractivity contribution in [2.45, 2.75) is 31.6 Å². The standard InChI is InChI=1S/C20H26N2O4S/c1-4-12-22(13-5-2)20(23)16-8-6-11-19(14-16)27(24,25)21-17-9-7-10-18(15-17)26-3/h6-11,14-15,21H,4-5,12-13H2,1-3H3. The van der Waals surface area contributed by atoms with Gasteiger partial charge in [0.05, 0.1) is 17.7 Å². The fourth-order valence-electron chi connectivity index (χ4n) is 2.73. The first kappa shape index (κ1) is 20.8. The molecular formula is C20H26N2O4S. The lowest BCUT2D eigenvalue weighted by Gasteiger charge is -2.21. The van der Waals surface area contributed by atoms with Crippen LogP contribution in [0.25, 0.3) is 0 Å². The minimum Gasteiger partial charge on any atom is -0.497 e. The molecular weight excluding hydrogens is 364 g/mol. The molecule has 27 heavy (non-hydrogen) atoms. The Labute approximate surface area is 161 Å². The van der Waals surface area contributed by atoms with Crippen molar-refractivity contribution in [2.75, 3.05) is 24.9 Å². The Morgan fingerprint density at radius 1 is 1.04 bits per heavy atom. The number of anilines is 1. The van der Waals surface area contributed by atoms with E-state index >= 15 is 0 Å². The molecule has 0 aliphatic heterocycles. The highest BCUT2D eigenvalue weighted by Crippen LogP contribution is 2.21. The van der Waals surface area contributed by atoms with Crippen molar-refractivity contribution in [3.63, 3.8) is 0 Å². The number of hydrogen-bond acceptors (Lipinski definition) is 4. The third kappa shape index (κ3) is 5.47. The summed E-state index contributed by atoms with van der Waals surface area (Å²) < 4.78 is 33.1. The maximum atomic E-state index is 12.7. The molecule has 0 bridgehead atoms. The summed E-state index contributed by atoms with van der Waals surface area (Å²) in [4.78, 5) is 14.5. The van der Waals surface area contributed by atoms with E-state index < -0.39 is 10.0 Å². The normalized spacial score (nSPS) is 11.1. The second kappa shape index (κ2) is 9.41. The van der Waals surface area contributed by atoms with Gasteiger partial charge < -0.3 is 9.64 Å². The number of nitrogens with zero attached hydrogens (tertiary/aromatic N) is 1. The number of carbonyl (C=O) groups is 1. The molecule has 0 spiro atoms. The van der Waals surface area contributed by atoms with Crippen LogP contribution in [-0.4, -0.2) is 39.4 Å². The summed E-state index contributed by atoms with van der Waals surface area (Å²) in [5.41, 5.74) is 0.759. The van der Waals surface area contributed by atoms with E-state index in [0.717, 1.165) is 12.8 Å². The largest absolute Gasteiger partial charge is 0.497 e. The van der Waals surface area contributed by atoms with E-state index in [4.69, 9.17) is 4.74 Å².